The number of benzene rings is 2. The van der Waals surface area contributed by atoms with Crippen molar-refractivity contribution >= 4 is 27.2 Å². The molecule has 1 aromatic heterocycles. The molecule has 0 spiro atoms. The maximum atomic E-state index is 12.9. The number of halogens is 1. The van der Waals surface area contributed by atoms with Gasteiger partial charge in [0.15, 0.2) is 0 Å². The fraction of sp³-hybridized carbons (Fsp3) is 0.0714. The molecule has 1 heterocycles. The normalized spacial score (nSPS) is 11.0. The molecule has 3 aromatic rings. The number of aryl methyl sites for hydroxylation is 1. The summed E-state index contributed by atoms with van der Waals surface area (Å²) in [5.41, 5.74) is 9.44. The number of aromatic nitrogens is 1. The predicted molar refractivity (Wildman–Crippen MR) is 74.2 cm³/mol. The molecule has 18 heavy (non-hydrogen) atoms. The molecule has 90 valence electrons. The molecule has 0 aliphatic rings. The van der Waals surface area contributed by atoms with Crippen LogP contribution in [0.25, 0.3) is 21.3 Å². The van der Waals surface area contributed by atoms with E-state index in [-0.39, 0.29) is 5.82 Å². The van der Waals surface area contributed by atoms with E-state index in [1.807, 2.05) is 19.1 Å². The number of rotatable bonds is 1. The van der Waals surface area contributed by atoms with E-state index >= 15 is 0 Å². The largest absolute Gasteiger partial charge is 0.396 e. The fourth-order valence-electron chi connectivity index (χ4n) is 2.01. The van der Waals surface area contributed by atoms with Crippen LogP contribution in [-0.2, 0) is 0 Å². The molecule has 0 aliphatic heterocycles. The number of nitrogens with zero attached hydrogens (tertiary/aromatic N) is 1. The van der Waals surface area contributed by atoms with Gasteiger partial charge in [0.05, 0.1) is 15.4 Å². The average molecular weight is 258 g/mol. The monoisotopic (exact) mass is 258 g/mol. The van der Waals surface area contributed by atoms with Crippen molar-refractivity contribution in [3.63, 3.8) is 0 Å². The molecule has 0 aliphatic carbocycles. The third kappa shape index (κ3) is 1.75. The van der Waals surface area contributed by atoms with Crippen molar-refractivity contribution in [1.29, 1.82) is 0 Å². The minimum absolute atomic E-state index is 0.247. The van der Waals surface area contributed by atoms with E-state index in [0.29, 0.717) is 5.69 Å². The highest BCUT2D eigenvalue weighted by molar-refractivity contribution is 7.18. The van der Waals surface area contributed by atoms with Crippen molar-refractivity contribution in [3.05, 3.63) is 47.2 Å². The number of fused-ring (bicyclic) bond motifs is 1. The van der Waals surface area contributed by atoms with E-state index in [9.17, 15) is 4.39 Å². The lowest BCUT2D eigenvalue weighted by Gasteiger charge is -2.06. The van der Waals surface area contributed by atoms with Gasteiger partial charge in [-0.15, -0.1) is 11.3 Å². The van der Waals surface area contributed by atoms with Crippen LogP contribution in [0.1, 0.15) is 5.01 Å². The zero-order chi connectivity index (χ0) is 12.7. The summed E-state index contributed by atoms with van der Waals surface area (Å²) in [7, 11) is 0. The van der Waals surface area contributed by atoms with E-state index < -0.39 is 0 Å². The minimum Gasteiger partial charge on any atom is -0.396 e. The molecular formula is C14H11FN2S. The molecular weight excluding hydrogens is 247 g/mol. The van der Waals surface area contributed by atoms with E-state index in [0.717, 1.165) is 26.4 Å². The smallest absolute Gasteiger partial charge is 0.123 e. The van der Waals surface area contributed by atoms with Gasteiger partial charge >= 0.3 is 0 Å². The van der Waals surface area contributed by atoms with Crippen LogP contribution in [0.15, 0.2) is 36.4 Å². The van der Waals surface area contributed by atoms with Gasteiger partial charge in [0.1, 0.15) is 11.3 Å². The first-order chi connectivity index (χ1) is 8.65. The molecule has 0 bridgehead atoms. The molecule has 0 unspecified atom stereocenters. The number of nitrogen functional groups attached to an aromatic ring is 1. The van der Waals surface area contributed by atoms with Crippen molar-refractivity contribution < 1.29 is 4.39 Å². The lowest BCUT2D eigenvalue weighted by atomic mass is 10.0. The van der Waals surface area contributed by atoms with Gasteiger partial charge in [-0.05, 0) is 30.7 Å². The summed E-state index contributed by atoms with van der Waals surface area (Å²) in [5, 5.41) is 0.993. The Balaban J connectivity index is 2.23. The second-order valence-electron chi connectivity index (χ2n) is 4.11. The first-order valence-electron chi connectivity index (χ1n) is 5.57. The van der Waals surface area contributed by atoms with E-state index in [1.165, 1.54) is 12.1 Å². The molecule has 0 radical (unpaired) electrons. The Kier molecular flexibility index (Phi) is 2.52. The Labute approximate surface area is 108 Å². The number of hydrogen-bond acceptors (Lipinski definition) is 3. The highest BCUT2D eigenvalue weighted by atomic mass is 32.1. The van der Waals surface area contributed by atoms with E-state index in [2.05, 4.69) is 4.98 Å². The highest BCUT2D eigenvalue weighted by Crippen LogP contribution is 2.34. The van der Waals surface area contributed by atoms with Crippen molar-refractivity contribution in [2.45, 2.75) is 6.92 Å². The van der Waals surface area contributed by atoms with Crippen LogP contribution in [0.5, 0.6) is 0 Å². The predicted octanol–water partition coefficient (Wildman–Crippen LogP) is 3.99. The second-order valence-corrected chi connectivity index (χ2v) is 5.35. The summed E-state index contributed by atoms with van der Waals surface area (Å²) < 4.78 is 14.0. The summed E-state index contributed by atoms with van der Waals surface area (Å²) in [6.07, 6.45) is 0. The zero-order valence-electron chi connectivity index (χ0n) is 9.77. The Morgan fingerprint density at radius 3 is 2.56 bits per heavy atom. The highest BCUT2D eigenvalue weighted by Gasteiger charge is 2.10. The molecule has 0 amide bonds. The molecule has 2 aromatic carbocycles. The van der Waals surface area contributed by atoms with E-state index in [4.69, 9.17) is 5.73 Å². The lowest BCUT2D eigenvalue weighted by Crippen LogP contribution is -1.91. The number of nitrogens with two attached hydrogens (primary N) is 1. The molecule has 4 heteroatoms. The van der Waals surface area contributed by atoms with Crippen LogP contribution in [0.2, 0.25) is 0 Å². The van der Waals surface area contributed by atoms with Crippen LogP contribution >= 0.6 is 11.3 Å². The van der Waals surface area contributed by atoms with Gasteiger partial charge in [0, 0.05) is 5.56 Å². The second kappa shape index (κ2) is 4.07. The Hall–Kier alpha value is -1.94. The van der Waals surface area contributed by atoms with Gasteiger partial charge in [-0.25, -0.2) is 9.37 Å². The molecule has 0 atom stereocenters. The van der Waals surface area contributed by atoms with Crippen LogP contribution in [0, 0.1) is 12.7 Å². The SMILES string of the molecule is Cc1nc2c(N)c(-c3ccc(F)cc3)ccc2s1. The fourth-order valence-corrected chi connectivity index (χ4v) is 2.85. The minimum atomic E-state index is -0.247. The van der Waals surface area contributed by atoms with Gasteiger partial charge < -0.3 is 5.73 Å². The number of anilines is 1. The van der Waals surface area contributed by atoms with Crippen LogP contribution in [0.3, 0.4) is 0 Å². The molecule has 2 N–H and O–H groups in total. The Morgan fingerprint density at radius 1 is 1.11 bits per heavy atom. The first-order valence-corrected chi connectivity index (χ1v) is 6.38. The van der Waals surface area contributed by atoms with Gasteiger partial charge in [-0.2, -0.15) is 0 Å². The molecule has 0 saturated carbocycles. The summed E-state index contributed by atoms with van der Waals surface area (Å²) in [6.45, 7) is 1.96. The van der Waals surface area contributed by atoms with E-state index in [1.54, 1.807) is 23.5 Å². The standard InChI is InChI=1S/C14H11FN2S/c1-8-17-14-12(18-8)7-6-11(13(14)16)9-2-4-10(15)5-3-9/h2-7H,16H2,1H3. The van der Waals surface area contributed by atoms with Crippen molar-refractivity contribution in [2.24, 2.45) is 0 Å². The van der Waals surface area contributed by atoms with Gasteiger partial charge in [0.25, 0.3) is 0 Å². The number of thiazole rings is 1. The summed E-state index contributed by atoms with van der Waals surface area (Å²) >= 11 is 1.62. The maximum Gasteiger partial charge on any atom is 0.123 e. The quantitative estimate of drug-likeness (QED) is 0.670. The van der Waals surface area contributed by atoms with Gasteiger partial charge in [-0.1, -0.05) is 18.2 Å². The molecule has 0 fully saturated rings. The average Bonchev–Trinajstić information content (AvgIpc) is 2.73. The third-order valence-electron chi connectivity index (χ3n) is 2.86. The Bertz CT molecular complexity index is 716. The summed E-state index contributed by atoms with van der Waals surface area (Å²) in [5.74, 6) is -0.247. The third-order valence-corrected chi connectivity index (χ3v) is 3.80. The van der Waals surface area contributed by atoms with Gasteiger partial charge in [0.2, 0.25) is 0 Å². The topological polar surface area (TPSA) is 38.9 Å². The first kappa shape index (κ1) is 11.2. The van der Waals surface area contributed by atoms with Crippen LogP contribution in [-0.4, -0.2) is 4.98 Å². The van der Waals surface area contributed by atoms with Crippen molar-refractivity contribution in [3.8, 4) is 11.1 Å². The lowest BCUT2D eigenvalue weighted by molar-refractivity contribution is 0.628. The maximum absolute atomic E-state index is 12.9. The Morgan fingerprint density at radius 2 is 1.83 bits per heavy atom. The van der Waals surface area contributed by atoms with Crippen molar-refractivity contribution in [2.75, 3.05) is 5.73 Å². The van der Waals surface area contributed by atoms with Crippen molar-refractivity contribution in [1.82, 2.24) is 4.98 Å². The van der Waals surface area contributed by atoms with Gasteiger partial charge in [-0.3, -0.25) is 0 Å². The number of hydrogen-bond donors (Lipinski definition) is 1. The molecule has 2 nitrogen and oxygen atoms in total. The zero-order valence-corrected chi connectivity index (χ0v) is 10.6. The molecule has 0 saturated heterocycles. The summed E-state index contributed by atoms with van der Waals surface area (Å²) in [4.78, 5) is 4.44. The van der Waals surface area contributed by atoms with Crippen LogP contribution in [0.4, 0.5) is 10.1 Å². The van der Waals surface area contributed by atoms with Crippen LogP contribution < -0.4 is 5.73 Å². The molecule has 3 rings (SSSR count). The summed E-state index contributed by atoms with van der Waals surface area (Å²) in [6, 6.07) is 10.3.